The SMILES string of the molecule is CCC(C)(N)CN(C)C(C)c1ccccc1Cl. The monoisotopic (exact) mass is 254 g/mol. The maximum atomic E-state index is 6.21. The molecule has 2 atom stereocenters. The number of likely N-dealkylation sites (N-methyl/N-ethyl adjacent to an activating group) is 1. The number of halogens is 1. The highest BCUT2D eigenvalue weighted by Gasteiger charge is 2.22. The van der Waals surface area contributed by atoms with Crippen molar-refractivity contribution < 1.29 is 0 Å². The van der Waals surface area contributed by atoms with Gasteiger partial charge < -0.3 is 5.73 Å². The van der Waals surface area contributed by atoms with Crippen LogP contribution in [0.25, 0.3) is 0 Å². The van der Waals surface area contributed by atoms with E-state index in [-0.39, 0.29) is 11.6 Å². The van der Waals surface area contributed by atoms with Crippen LogP contribution in [0.1, 0.15) is 38.8 Å². The molecule has 0 aliphatic carbocycles. The van der Waals surface area contributed by atoms with E-state index in [9.17, 15) is 0 Å². The van der Waals surface area contributed by atoms with Crippen LogP contribution in [0.3, 0.4) is 0 Å². The summed E-state index contributed by atoms with van der Waals surface area (Å²) < 4.78 is 0. The zero-order valence-corrected chi connectivity index (χ0v) is 12.0. The summed E-state index contributed by atoms with van der Waals surface area (Å²) in [6.07, 6.45) is 0.965. The zero-order chi connectivity index (χ0) is 13.1. The number of hydrogen-bond acceptors (Lipinski definition) is 2. The smallest absolute Gasteiger partial charge is 0.0453 e. The van der Waals surface area contributed by atoms with Crippen molar-refractivity contribution in [2.45, 2.75) is 38.8 Å². The second-order valence-corrected chi connectivity index (χ2v) is 5.53. The highest BCUT2D eigenvalue weighted by Crippen LogP contribution is 2.27. The number of nitrogens with zero attached hydrogens (tertiary/aromatic N) is 1. The molecule has 0 heterocycles. The third kappa shape index (κ3) is 3.98. The average molecular weight is 255 g/mol. The number of nitrogens with two attached hydrogens (primary N) is 1. The Labute approximate surface area is 110 Å². The van der Waals surface area contributed by atoms with Gasteiger partial charge in [0.25, 0.3) is 0 Å². The third-order valence-corrected chi connectivity index (χ3v) is 3.78. The predicted molar refractivity (Wildman–Crippen MR) is 75.4 cm³/mol. The fourth-order valence-corrected chi connectivity index (χ4v) is 2.16. The highest BCUT2D eigenvalue weighted by atomic mass is 35.5. The summed E-state index contributed by atoms with van der Waals surface area (Å²) in [7, 11) is 2.09. The molecular weight excluding hydrogens is 232 g/mol. The molecule has 2 unspecified atom stereocenters. The zero-order valence-electron chi connectivity index (χ0n) is 11.2. The van der Waals surface area contributed by atoms with Gasteiger partial charge in [-0.25, -0.2) is 0 Å². The summed E-state index contributed by atoms with van der Waals surface area (Å²) in [5.74, 6) is 0. The quantitative estimate of drug-likeness (QED) is 0.872. The highest BCUT2D eigenvalue weighted by molar-refractivity contribution is 6.31. The van der Waals surface area contributed by atoms with Crippen LogP contribution in [-0.4, -0.2) is 24.0 Å². The topological polar surface area (TPSA) is 29.3 Å². The van der Waals surface area contributed by atoms with Crippen LogP contribution in [0, 0.1) is 0 Å². The molecule has 0 aromatic heterocycles. The molecule has 0 spiro atoms. The second kappa shape index (κ2) is 5.85. The molecular formula is C14H23ClN2. The lowest BCUT2D eigenvalue weighted by molar-refractivity contribution is 0.203. The Balaban J connectivity index is 2.77. The lowest BCUT2D eigenvalue weighted by atomic mass is 9.98. The summed E-state index contributed by atoms with van der Waals surface area (Å²) in [6.45, 7) is 7.22. The molecule has 0 fully saturated rings. The van der Waals surface area contributed by atoms with Gasteiger partial charge in [-0.2, -0.15) is 0 Å². The van der Waals surface area contributed by atoms with Crippen LogP contribution < -0.4 is 5.73 Å². The maximum absolute atomic E-state index is 6.21. The van der Waals surface area contributed by atoms with Crippen LogP contribution >= 0.6 is 11.6 Å². The van der Waals surface area contributed by atoms with Gasteiger partial charge in [0.1, 0.15) is 0 Å². The Morgan fingerprint density at radius 3 is 2.53 bits per heavy atom. The molecule has 1 aromatic rings. The van der Waals surface area contributed by atoms with Crippen LogP contribution in [0.2, 0.25) is 5.02 Å². The fourth-order valence-electron chi connectivity index (χ4n) is 1.87. The summed E-state index contributed by atoms with van der Waals surface area (Å²) in [5.41, 5.74) is 7.20. The van der Waals surface area contributed by atoms with Gasteiger partial charge in [0, 0.05) is 23.1 Å². The first-order valence-electron chi connectivity index (χ1n) is 6.11. The Morgan fingerprint density at radius 1 is 1.41 bits per heavy atom. The molecule has 17 heavy (non-hydrogen) atoms. The van der Waals surface area contributed by atoms with E-state index in [1.807, 2.05) is 18.2 Å². The Bertz CT molecular complexity index is 363. The average Bonchev–Trinajstić information content (AvgIpc) is 2.28. The molecule has 0 amide bonds. The molecule has 0 aliphatic heterocycles. The van der Waals surface area contributed by atoms with E-state index < -0.39 is 0 Å². The van der Waals surface area contributed by atoms with E-state index in [4.69, 9.17) is 17.3 Å². The molecule has 2 N–H and O–H groups in total. The van der Waals surface area contributed by atoms with Gasteiger partial charge in [-0.1, -0.05) is 36.7 Å². The second-order valence-electron chi connectivity index (χ2n) is 5.12. The Kier molecular flexibility index (Phi) is 4.99. The van der Waals surface area contributed by atoms with E-state index in [1.54, 1.807) is 0 Å². The van der Waals surface area contributed by atoms with Crippen LogP contribution in [0.15, 0.2) is 24.3 Å². The minimum absolute atomic E-state index is 0.149. The van der Waals surface area contributed by atoms with Crippen molar-refractivity contribution in [3.8, 4) is 0 Å². The van der Waals surface area contributed by atoms with Gasteiger partial charge in [0.15, 0.2) is 0 Å². The van der Waals surface area contributed by atoms with Crippen molar-refractivity contribution in [2.75, 3.05) is 13.6 Å². The Hall–Kier alpha value is -0.570. The number of benzene rings is 1. The first-order valence-corrected chi connectivity index (χ1v) is 6.48. The third-order valence-electron chi connectivity index (χ3n) is 3.43. The van der Waals surface area contributed by atoms with Crippen LogP contribution in [0.5, 0.6) is 0 Å². The van der Waals surface area contributed by atoms with Crippen LogP contribution in [-0.2, 0) is 0 Å². The fraction of sp³-hybridized carbons (Fsp3) is 0.571. The molecule has 0 bridgehead atoms. The minimum Gasteiger partial charge on any atom is -0.324 e. The van der Waals surface area contributed by atoms with E-state index >= 15 is 0 Å². The van der Waals surface area contributed by atoms with Crippen LogP contribution in [0.4, 0.5) is 0 Å². The molecule has 1 aromatic carbocycles. The minimum atomic E-state index is -0.149. The molecule has 0 saturated heterocycles. The Morgan fingerprint density at radius 2 is 2.00 bits per heavy atom. The van der Waals surface area contributed by atoms with E-state index in [0.29, 0.717) is 0 Å². The lowest BCUT2D eigenvalue weighted by Gasteiger charge is -2.33. The first kappa shape index (κ1) is 14.5. The van der Waals surface area contributed by atoms with Gasteiger partial charge >= 0.3 is 0 Å². The van der Waals surface area contributed by atoms with Crippen molar-refractivity contribution in [1.29, 1.82) is 0 Å². The molecule has 0 radical (unpaired) electrons. The lowest BCUT2D eigenvalue weighted by Crippen LogP contribution is -2.46. The summed E-state index contributed by atoms with van der Waals surface area (Å²) in [4.78, 5) is 2.25. The predicted octanol–water partition coefficient (Wildman–Crippen LogP) is 3.46. The number of rotatable bonds is 5. The van der Waals surface area contributed by atoms with Crippen molar-refractivity contribution in [1.82, 2.24) is 4.90 Å². The standard InChI is InChI=1S/C14H23ClN2/c1-5-14(3,16)10-17(4)11(2)12-8-6-7-9-13(12)15/h6-9,11H,5,10,16H2,1-4H3. The molecule has 0 aliphatic rings. The van der Waals surface area contributed by atoms with Gasteiger partial charge in [-0.15, -0.1) is 0 Å². The first-order chi connectivity index (χ1) is 7.87. The van der Waals surface area contributed by atoms with Crippen molar-refractivity contribution in [3.05, 3.63) is 34.9 Å². The normalized spacial score (nSPS) is 16.9. The summed E-state index contributed by atoms with van der Waals surface area (Å²) in [5, 5.41) is 0.821. The maximum Gasteiger partial charge on any atom is 0.0453 e. The number of hydrogen-bond donors (Lipinski definition) is 1. The van der Waals surface area contributed by atoms with Gasteiger partial charge in [-0.3, -0.25) is 4.90 Å². The van der Waals surface area contributed by atoms with Crippen molar-refractivity contribution in [2.24, 2.45) is 5.73 Å². The molecule has 3 heteroatoms. The van der Waals surface area contributed by atoms with E-state index in [2.05, 4.69) is 38.8 Å². The largest absolute Gasteiger partial charge is 0.324 e. The van der Waals surface area contributed by atoms with E-state index in [0.717, 1.165) is 23.6 Å². The molecule has 0 saturated carbocycles. The van der Waals surface area contributed by atoms with Crippen molar-refractivity contribution >= 4 is 11.6 Å². The van der Waals surface area contributed by atoms with Gasteiger partial charge in [0.2, 0.25) is 0 Å². The van der Waals surface area contributed by atoms with Gasteiger partial charge in [-0.05, 0) is 38.9 Å². The van der Waals surface area contributed by atoms with Crippen molar-refractivity contribution in [3.63, 3.8) is 0 Å². The van der Waals surface area contributed by atoms with E-state index in [1.165, 1.54) is 0 Å². The summed E-state index contributed by atoms with van der Waals surface area (Å²) >= 11 is 6.21. The molecule has 2 nitrogen and oxygen atoms in total. The molecule has 96 valence electrons. The summed E-state index contributed by atoms with van der Waals surface area (Å²) in [6, 6.07) is 8.26. The molecule has 1 rings (SSSR count). The van der Waals surface area contributed by atoms with Gasteiger partial charge in [0.05, 0.1) is 0 Å².